The van der Waals surface area contributed by atoms with Gasteiger partial charge in [0.05, 0.1) is 18.7 Å². The number of carbonyl (C=O) groups is 1. The third kappa shape index (κ3) is 2.40. The summed E-state index contributed by atoms with van der Waals surface area (Å²) in [7, 11) is 0. The SMILES string of the molecule is O=C(Nc1nc2ccccc2s1)c1csc(I)c1. The van der Waals surface area contributed by atoms with Gasteiger partial charge in [0.2, 0.25) is 0 Å². The summed E-state index contributed by atoms with van der Waals surface area (Å²) in [6.45, 7) is 0. The number of hydrogen-bond donors (Lipinski definition) is 1. The van der Waals surface area contributed by atoms with E-state index in [2.05, 4.69) is 32.9 Å². The lowest BCUT2D eigenvalue weighted by molar-refractivity contribution is 0.102. The van der Waals surface area contributed by atoms with E-state index < -0.39 is 0 Å². The number of thiophene rings is 1. The number of fused-ring (bicyclic) bond motifs is 1. The summed E-state index contributed by atoms with van der Waals surface area (Å²) in [5.41, 5.74) is 1.60. The lowest BCUT2D eigenvalue weighted by atomic mass is 10.3. The van der Waals surface area contributed by atoms with E-state index in [4.69, 9.17) is 0 Å². The molecular weight excluding hydrogens is 379 g/mol. The first-order valence-electron chi connectivity index (χ1n) is 5.13. The smallest absolute Gasteiger partial charge is 0.258 e. The molecule has 0 aliphatic rings. The fourth-order valence-electron chi connectivity index (χ4n) is 1.52. The van der Waals surface area contributed by atoms with Gasteiger partial charge in [-0.25, -0.2) is 4.98 Å². The molecule has 2 aromatic heterocycles. The van der Waals surface area contributed by atoms with Crippen molar-refractivity contribution >= 4 is 66.5 Å². The van der Waals surface area contributed by atoms with E-state index in [9.17, 15) is 4.79 Å². The second kappa shape index (κ2) is 4.94. The first-order chi connectivity index (χ1) is 8.72. The van der Waals surface area contributed by atoms with Crippen molar-refractivity contribution in [1.29, 1.82) is 0 Å². The highest BCUT2D eigenvalue weighted by Gasteiger charge is 2.10. The minimum absolute atomic E-state index is 0.103. The number of aromatic nitrogens is 1. The van der Waals surface area contributed by atoms with Crippen LogP contribution in [0.15, 0.2) is 35.7 Å². The van der Waals surface area contributed by atoms with Crippen LogP contribution in [-0.2, 0) is 0 Å². The first-order valence-corrected chi connectivity index (χ1v) is 7.91. The van der Waals surface area contributed by atoms with Gasteiger partial charge < -0.3 is 0 Å². The molecule has 0 bridgehead atoms. The minimum atomic E-state index is -0.103. The molecule has 0 saturated carbocycles. The number of halogens is 1. The Bertz CT molecular complexity index is 687. The van der Waals surface area contributed by atoms with Crippen LogP contribution in [0.25, 0.3) is 10.2 Å². The average molecular weight is 386 g/mol. The Morgan fingerprint density at radius 1 is 1.33 bits per heavy atom. The Balaban J connectivity index is 1.86. The van der Waals surface area contributed by atoms with Crippen LogP contribution in [0.1, 0.15) is 10.4 Å². The number of nitrogens with one attached hydrogen (secondary N) is 1. The van der Waals surface area contributed by atoms with E-state index in [1.807, 2.05) is 35.7 Å². The number of thiazole rings is 1. The summed E-state index contributed by atoms with van der Waals surface area (Å²) in [5.74, 6) is -0.103. The molecule has 0 aliphatic carbocycles. The molecule has 90 valence electrons. The van der Waals surface area contributed by atoms with Gasteiger partial charge in [-0.15, -0.1) is 11.3 Å². The molecule has 0 fully saturated rings. The number of benzene rings is 1. The van der Waals surface area contributed by atoms with Crippen molar-refractivity contribution in [2.24, 2.45) is 0 Å². The van der Waals surface area contributed by atoms with Crippen molar-refractivity contribution < 1.29 is 4.79 Å². The van der Waals surface area contributed by atoms with Gasteiger partial charge in [0.15, 0.2) is 5.13 Å². The van der Waals surface area contributed by atoms with Gasteiger partial charge in [0.25, 0.3) is 5.91 Å². The Kier molecular flexibility index (Phi) is 3.31. The second-order valence-corrected chi connectivity index (χ2v) is 7.42. The summed E-state index contributed by atoms with van der Waals surface area (Å²) in [5, 5.41) is 5.33. The molecule has 3 rings (SSSR count). The van der Waals surface area contributed by atoms with Gasteiger partial charge in [-0.1, -0.05) is 23.5 Å². The molecule has 1 aromatic carbocycles. The summed E-state index contributed by atoms with van der Waals surface area (Å²) < 4.78 is 2.18. The zero-order valence-corrected chi connectivity index (χ0v) is 12.8. The first kappa shape index (κ1) is 12.1. The van der Waals surface area contributed by atoms with E-state index in [1.54, 1.807) is 11.3 Å². The molecule has 6 heteroatoms. The molecule has 18 heavy (non-hydrogen) atoms. The molecule has 0 spiro atoms. The number of amides is 1. The second-order valence-electron chi connectivity index (χ2n) is 3.58. The summed E-state index contributed by atoms with van der Waals surface area (Å²) in [4.78, 5) is 16.3. The maximum Gasteiger partial charge on any atom is 0.258 e. The highest BCUT2D eigenvalue weighted by Crippen LogP contribution is 2.26. The van der Waals surface area contributed by atoms with Crippen LogP contribution in [0.5, 0.6) is 0 Å². The molecule has 1 N–H and O–H groups in total. The molecule has 0 radical (unpaired) electrons. The van der Waals surface area contributed by atoms with Crippen molar-refractivity contribution in [2.75, 3.05) is 5.32 Å². The zero-order chi connectivity index (χ0) is 12.5. The van der Waals surface area contributed by atoms with Crippen LogP contribution in [0, 0.1) is 2.88 Å². The van der Waals surface area contributed by atoms with Gasteiger partial charge in [-0.3, -0.25) is 10.1 Å². The lowest BCUT2D eigenvalue weighted by Gasteiger charge is -1.97. The van der Waals surface area contributed by atoms with Crippen LogP contribution in [0.3, 0.4) is 0 Å². The molecule has 1 amide bonds. The molecule has 3 aromatic rings. The van der Waals surface area contributed by atoms with Crippen molar-refractivity contribution in [3.05, 3.63) is 44.2 Å². The third-order valence-electron chi connectivity index (χ3n) is 2.34. The molecular formula is C12H7IN2OS2. The van der Waals surface area contributed by atoms with Gasteiger partial charge in [-0.05, 0) is 40.8 Å². The van der Waals surface area contributed by atoms with Crippen molar-refractivity contribution in [3.63, 3.8) is 0 Å². The van der Waals surface area contributed by atoms with Crippen LogP contribution in [0.4, 0.5) is 5.13 Å². The van der Waals surface area contributed by atoms with Crippen LogP contribution >= 0.6 is 45.3 Å². The molecule has 3 nitrogen and oxygen atoms in total. The van der Waals surface area contributed by atoms with E-state index in [0.29, 0.717) is 10.7 Å². The predicted molar refractivity (Wildman–Crippen MR) is 84.6 cm³/mol. The lowest BCUT2D eigenvalue weighted by Crippen LogP contribution is -2.10. The minimum Gasteiger partial charge on any atom is -0.298 e. The normalized spacial score (nSPS) is 10.7. The van der Waals surface area contributed by atoms with Crippen LogP contribution in [0.2, 0.25) is 0 Å². The summed E-state index contributed by atoms with van der Waals surface area (Å²) >= 11 is 5.24. The van der Waals surface area contributed by atoms with Gasteiger partial charge in [-0.2, -0.15) is 0 Å². The predicted octanol–water partition coefficient (Wildman–Crippen LogP) is 4.21. The van der Waals surface area contributed by atoms with E-state index in [0.717, 1.165) is 13.1 Å². The highest BCUT2D eigenvalue weighted by molar-refractivity contribution is 14.1. The molecule has 0 saturated heterocycles. The van der Waals surface area contributed by atoms with Crippen LogP contribution in [-0.4, -0.2) is 10.9 Å². The van der Waals surface area contributed by atoms with Gasteiger partial charge in [0.1, 0.15) is 0 Å². The highest BCUT2D eigenvalue weighted by atomic mass is 127. The van der Waals surface area contributed by atoms with Crippen molar-refractivity contribution in [3.8, 4) is 0 Å². The number of anilines is 1. The molecule has 0 unspecified atom stereocenters. The number of rotatable bonds is 2. The van der Waals surface area contributed by atoms with E-state index in [-0.39, 0.29) is 5.91 Å². The van der Waals surface area contributed by atoms with Crippen LogP contribution < -0.4 is 5.32 Å². The number of carbonyl (C=O) groups excluding carboxylic acids is 1. The summed E-state index contributed by atoms with van der Waals surface area (Å²) in [6.07, 6.45) is 0. The van der Waals surface area contributed by atoms with E-state index >= 15 is 0 Å². The average Bonchev–Trinajstić information content (AvgIpc) is 2.94. The van der Waals surface area contributed by atoms with Gasteiger partial charge in [0, 0.05) is 5.38 Å². The molecule has 0 aliphatic heterocycles. The number of para-hydroxylation sites is 1. The van der Waals surface area contributed by atoms with Crippen molar-refractivity contribution in [2.45, 2.75) is 0 Å². The Hall–Kier alpha value is -0.990. The Morgan fingerprint density at radius 3 is 2.89 bits per heavy atom. The fourth-order valence-corrected chi connectivity index (χ4v) is 3.71. The zero-order valence-electron chi connectivity index (χ0n) is 9.01. The topological polar surface area (TPSA) is 42.0 Å². The maximum absolute atomic E-state index is 12.0. The molecule has 0 atom stereocenters. The largest absolute Gasteiger partial charge is 0.298 e. The van der Waals surface area contributed by atoms with Gasteiger partial charge >= 0.3 is 0 Å². The maximum atomic E-state index is 12.0. The Labute approximate surface area is 125 Å². The summed E-state index contributed by atoms with van der Waals surface area (Å²) in [6, 6.07) is 9.71. The Morgan fingerprint density at radius 2 is 2.17 bits per heavy atom. The third-order valence-corrected chi connectivity index (χ3v) is 5.08. The fraction of sp³-hybridized carbons (Fsp3) is 0. The monoisotopic (exact) mass is 386 g/mol. The standard InChI is InChI=1S/C12H7IN2OS2/c13-10-5-7(6-17-10)11(16)15-12-14-8-3-1-2-4-9(8)18-12/h1-6H,(H,14,15,16). The van der Waals surface area contributed by atoms with Crippen molar-refractivity contribution in [1.82, 2.24) is 4.98 Å². The van der Waals surface area contributed by atoms with E-state index in [1.165, 1.54) is 11.3 Å². The quantitative estimate of drug-likeness (QED) is 0.671. The molecule has 2 heterocycles. The number of hydrogen-bond acceptors (Lipinski definition) is 4. The number of nitrogens with zero attached hydrogens (tertiary/aromatic N) is 1.